The second-order valence-corrected chi connectivity index (χ2v) is 14.5. The van der Waals surface area contributed by atoms with Crippen LogP contribution in [0, 0.1) is 0 Å². The molecule has 0 bridgehead atoms. The normalized spacial score (nSPS) is 20.9. The number of ether oxygens (including phenoxy) is 4. The van der Waals surface area contributed by atoms with E-state index in [1.165, 1.54) is 44.9 Å². The van der Waals surface area contributed by atoms with Crippen LogP contribution >= 0.6 is 0 Å². The number of carboxylic acids is 1. The summed E-state index contributed by atoms with van der Waals surface area (Å²) >= 11 is 0. The Morgan fingerprint density at radius 2 is 1.06 bits per heavy atom. The maximum Gasteiger partial charge on any atom is 0.335 e. The lowest BCUT2D eigenvalue weighted by molar-refractivity contribution is -0.298. The maximum atomic E-state index is 12.7. The molecule has 6 unspecified atom stereocenters. The van der Waals surface area contributed by atoms with Crippen LogP contribution in [0.15, 0.2) is 36.5 Å². The molecule has 0 aliphatic carbocycles. The number of aliphatic hydroxyl groups is 3. The van der Waals surface area contributed by atoms with Gasteiger partial charge in [0.25, 0.3) is 0 Å². The van der Waals surface area contributed by atoms with Crippen molar-refractivity contribution in [1.29, 1.82) is 0 Å². The van der Waals surface area contributed by atoms with Crippen molar-refractivity contribution in [2.75, 3.05) is 13.2 Å². The summed E-state index contributed by atoms with van der Waals surface area (Å²) in [6, 6.07) is 0. The van der Waals surface area contributed by atoms with Crippen LogP contribution in [-0.4, -0.2) is 88.4 Å². The number of rotatable bonds is 34. The largest absolute Gasteiger partial charge is 0.479 e. The summed E-state index contributed by atoms with van der Waals surface area (Å²) in [5.74, 6) is -2.48. The fourth-order valence-electron chi connectivity index (χ4n) is 6.06. The van der Waals surface area contributed by atoms with Gasteiger partial charge < -0.3 is 39.4 Å². The molecule has 11 heteroatoms. The molecule has 1 saturated heterocycles. The molecule has 1 heterocycles. The molecule has 0 aromatic carbocycles. The summed E-state index contributed by atoms with van der Waals surface area (Å²) < 4.78 is 21.7. The Hall–Kier alpha value is -2.57. The van der Waals surface area contributed by atoms with E-state index in [1.807, 2.05) is 0 Å². The Labute approximate surface area is 325 Å². The molecule has 0 aromatic rings. The first kappa shape index (κ1) is 49.4. The van der Waals surface area contributed by atoms with Gasteiger partial charge in [-0.25, -0.2) is 4.79 Å². The number of hydrogen-bond acceptors (Lipinski definition) is 10. The van der Waals surface area contributed by atoms with Gasteiger partial charge in [-0.3, -0.25) is 9.59 Å². The first-order chi connectivity index (χ1) is 26.2. The first-order valence-electron chi connectivity index (χ1n) is 21.0. The topological polar surface area (TPSA) is 169 Å². The molecular weight excluding hydrogens is 692 g/mol. The van der Waals surface area contributed by atoms with E-state index in [0.717, 1.165) is 83.5 Å². The summed E-state index contributed by atoms with van der Waals surface area (Å²) in [5.41, 5.74) is 0. The fraction of sp³-hybridized carbons (Fsp3) is 0.791. The van der Waals surface area contributed by atoms with Gasteiger partial charge in [0.1, 0.15) is 24.9 Å². The minimum Gasteiger partial charge on any atom is -0.479 e. The lowest BCUT2D eigenvalue weighted by Crippen LogP contribution is -2.60. The van der Waals surface area contributed by atoms with Gasteiger partial charge in [0.05, 0.1) is 6.61 Å². The highest BCUT2D eigenvalue weighted by Crippen LogP contribution is 2.23. The van der Waals surface area contributed by atoms with Crippen LogP contribution in [0.25, 0.3) is 0 Å². The minimum atomic E-state index is -1.86. The number of allylic oxidation sites excluding steroid dienone is 6. The van der Waals surface area contributed by atoms with Gasteiger partial charge in [-0.05, 0) is 64.2 Å². The van der Waals surface area contributed by atoms with Gasteiger partial charge in [0, 0.05) is 12.8 Å². The van der Waals surface area contributed by atoms with Crippen molar-refractivity contribution in [3.05, 3.63) is 36.5 Å². The molecule has 0 saturated carbocycles. The van der Waals surface area contributed by atoms with E-state index < -0.39 is 61.3 Å². The lowest BCUT2D eigenvalue weighted by Gasteiger charge is -2.38. The summed E-state index contributed by atoms with van der Waals surface area (Å²) in [6.45, 7) is 3.73. The van der Waals surface area contributed by atoms with Crippen LogP contribution in [0.2, 0.25) is 0 Å². The zero-order chi connectivity index (χ0) is 39.7. The Morgan fingerprint density at radius 1 is 0.574 bits per heavy atom. The molecule has 0 aromatic heterocycles. The molecule has 1 aliphatic rings. The van der Waals surface area contributed by atoms with Crippen LogP contribution < -0.4 is 0 Å². The van der Waals surface area contributed by atoms with Gasteiger partial charge in [0.15, 0.2) is 18.5 Å². The average Bonchev–Trinajstić information content (AvgIpc) is 3.15. The van der Waals surface area contributed by atoms with Gasteiger partial charge in [-0.15, -0.1) is 0 Å². The third-order valence-corrected chi connectivity index (χ3v) is 9.46. The number of unbranched alkanes of at least 4 members (excludes halogenated alkanes) is 17. The van der Waals surface area contributed by atoms with Crippen LogP contribution in [0.1, 0.15) is 168 Å². The highest BCUT2D eigenvalue weighted by molar-refractivity contribution is 5.73. The smallest absolute Gasteiger partial charge is 0.335 e. The van der Waals surface area contributed by atoms with Crippen molar-refractivity contribution in [2.24, 2.45) is 0 Å². The molecule has 312 valence electrons. The Kier molecular flexibility index (Phi) is 30.9. The van der Waals surface area contributed by atoms with Crippen LogP contribution in [-0.2, 0) is 33.3 Å². The van der Waals surface area contributed by atoms with E-state index in [-0.39, 0.29) is 19.4 Å². The van der Waals surface area contributed by atoms with E-state index in [2.05, 4.69) is 50.3 Å². The standard InChI is InChI=1S/C43H74O11/c1-3-5-7-9-11-13-15-17-19-21-23-25-27-29-31-36(44)51-33-35(34-52-43-40(48)38(46)39(47)41(54-43)42(49)50)53-37(45)32-30-28-26-24-22-20-18-16-14-12-10-8-6-4-2/h9,11,15-18,35,38-41,43,46-48H,3-8,10,12-14,19-34H2,1-2H3,(H,49,50)/b11-9-,17-15-,18-16-. The van der Waals surface area contributed by atoms with E-state index >= 15 is 0 Å². The van der Waals surface area contributed by atoms with Gasteiger partial charge >= 0.3 is 17.9 Å². The van der Waals surface area contributed by atoms with Crippen molar-refractivity contribution in [3.63, 3.8) is 0 Å². The number of aliphatic hydroxyl groups excluding tert-OH is 3. The number of carbonyl (C=O) groups excluding carboxylic acids is 2. The highest BCUT2D eigenvalue weighted by Gasteiger charge is 2.47. The second kappa shape index (κ2) is 33.7. The van der Waals surface area contributed by atoms with E-state index in [9.17, 15) is 34.8 Å². The average molecular weight is 767 g/mol. The summed E-state index contributed by atoms with van der Waals surface area (Å²) in [4.78, 5) is 36.7. The molecule has 0 amide bonds. The maximum absolute atomic E-state index is 12.7. The lowest BCUT2D eigenvalue weighted by atomic mass is 9.99. The molecule has 11 nitrogen and oxygen atoms in total. The van der Waals surface area contributed by atoms with E-state index in [4.69, 9.17) is 18.9 Å². The number of carboxylic acid groups (broad SMARTS) is 1. The zero-order valence-electron chi connectivity index (χ0n) is 33.5. The zero-order valence-corrected chi connectivity index (χ0v) is 33.5. The highest BCUT2D eigenvalue weighted by atomic mass is 16.7. The molecule has 0 radical (unpaired) electrons. The minimum absolute atomic E-state index is 0.169. The molecule has 1 fully saturated rings. The quantitative estimate of drug-likeness (QED) is 0.0282. The molecule has 4 N–H and O–H groups in total. The third kappa shape index (κ3) is 25.5. The van der Waals surface area contributed by atoms with Gasteiger partial charge in [-0.2, -0.15) is 0 Å². The van der Waals surface area contributed by atoms with E-state index in [0.29, 0.717) is 12.8 Å². The molecule has 1 aliphatic heterocycles. The summed E-state index contributed by atoms with van der Waals surface area (Å²) in [7, 11) is 0. The molecule has 0 spiro atoms. The second-order valence-electron chi connectivity index (χ2n) is 14.5. The van der Waals surface area contributed by atoms with E-state index in [1.54, 1.807) is 0 Å². The molecule has 6 atom stereocenters. The van der Waals surface area contributed by atoms with Crippen LogP contribution in [0.5, 0.6) is 0 Å². The SMILES string of the molecule is CCCC/C=C\C/C=C\CCCCCCCC(=O)OCC(COC1OC(C(=O)O)C(O)C(O)C1O)OC(=O)CCCCCCC/C=C\CCCCCCC. The predicted octanol–water partition coefficient (Wildman–Crippen LogP) is 8.42. The van der Waals surface area contributed by atoms with Crippen molar-refractivity contribution in [1.82, 2.24) is 0 Å². The molecule has 1 rings (SSSR count). The van der Waals surface area contributed by atoms with Gasteiger partial charge in [0.2, 0.25) is 0 Å². The Balaban J connectivity index is 2.43. The Morgan fingerprint density at radius 3 is 1.61 bits per heavy atom. The first-order valence-corrected chi connectivity index (χ1v) is 21.0. The number of carbonyl (C=O) groups is 3. The third-order valence-electron chi connectivity index (χ3n) is 9.46. The van der Waals surface area contributed by atoms with Crippen molar-refractivity contribution >= 4 is 17.9 Å². The van der Waals surface area contributed by atoms with Crippen molar-refractivity contribution in [2.45, 2.75) is 205 Å². The fourth-order valence-corrected chi connectivity index (χ4v) is 6.06. The number of esters is 2. The van der Waals surface area contributed by atoms with Crippen LogP contribution in [0.3, 0.4) is 0 Å². The van der Waals surface area contributed by atoms with Crippen LogP contribution in [0.4, 0.5) is 0 Å². The summed E-state index contributed by atoms with van der Waals surface area (Å²) in [6.07, 6.45) is 27.7. The van der Waals surface area contributed by atoms with Gasteiger partial charge in [-0.1, -0.05) is 127 Å². The monoisotopic (exact) mass is 767 g/mol. The van der Waals surface area contributed by atoms with Crippen molar-refractivity contribution < 1.29 is 53.8 Å². The van der Waals surface area contributed by atoms with Crippen molar-refractivity contribution in [3.8, 4) is 0 Å². The predicted molar refractivity (Wildman–Crippen MR) is 211 cm³/mol. The number of hydrogen-bond donors (Lipinski definition) is 4. The molecular formula is C43H74O11. The Bertz CT molecular complexity index is 1040. The molecule has 54 heavy (non-hydrogen) atoms. The number of aliphatic carboxylic acids is 1. The summed E-state index contributed by atoms with van der Waals surface area (Å²) in [5, 5.41) is 39.7.